The van der Waals surface area contributed by atoms with Crippen LogP contribution in [0, 0.1) is 5.82 Å². The molecule has 4 heteroatoms. The lowest BCUT2D eigenvalue weighted by Gasteiger charge is -2.35. The van der Waals surface area contributed by atoms with E-state index in [4.69, 9.17) is 10.5 Å². The molecule has 0 aliphatic carbocycles. The van der Waals surface area contributed by atoms with E-state index < -0.39 is 0 Å². The number of hydrogen-bond acceptors (Lipinski definition) is 3. The number of nitrogens with zero attached hydrogens (tertiary/aromatic N) is 1. The van der Waals surface area contributed by atoms with E-state index in [2.05, 4.69) is 11.8 Å². The normalized spacial score (nSPS) is 21.7. The molecule has 1 atom stereocenters. The topological polar surface area (TPSA) is 38.5 Å². The highest BCUT2D eigenvalue weighted by Crippen LogP contribution is 2.23. The van der Waals surface area contributed by atoms with Crippen molar-refractivity contribution in [3.63, 3.8) is 0 Å². The van der Waals surface area contributed by atoms with Gasteiger partial charge in [-0.2, -0.15) is 0 Å². The Morgan fingerprint density at radius 2 is 2.33 bits per heavy atom. The van der Waals surface area contributed by atoms with E-state index in [1.807, 2.05) is 0 Å². The molecule has 0 radical (unpaired) electrons. The van der Waals surface area contributed by atoms with Gasteiger partial charge in [-0.25, -0.2) is 4.39 Å². The standard InChI is InChI=1S/C11H15FN2O/c1-8-7-15-5-4-14(8)9-2-3-10(12)11(13)6-9/h2-3,6,8H,4-5,7,13H2,1H3/t8-/m1/s1. The minimum absolute atomic E-state index is 0.200. The van der Waals surface area contributed by atoms with Gasteiger partial charge >= 0.3 is 0 Å². The lowest BCUT2D eigenvalue weighted by molar-refractivity contribution is 0.0989. The van der Waals surface area contributed by atoms with E-state index in [1.165, 1.54) is 6.07 Å². The van der Waals surface area contributed by atoms with Gasteiger partial charge in [0.15, 0.2) is 0 Å². The van der Waals surface area contributed by atoms with Gasteiger partial charge in [-0.15, -0.1) is 0 Å². The fraction of sp³-hybridized carbons (Fsp3) is 0.455. The Morgan fingerprint density at radius 3 is 3.00 bits per heavy atom. The third kappa shape index (κ3) is 2.04. The molecule has 0 amide bonds. The molecule has 0 unspecified atom stereocenters. The molecular formula is C11H15FN2O. The van der Waals surface area contributed by atoms with Crippen LogP contribution in [0.5, 0.6) is 0 Å². The number of nitrogen functional groups attached to an aromatic ring is 1. The van der Waals surface area contributed by atoms with Crippen molar-refractivity contribution in [3.05, 3.63) is 24.0 Å². The molecule has 0 aromatic heterocycles. The first-order valence-corrected chi connectivity index (χ1v) is 5.08. The quantitative estimate of drug-likeness (QED) is 0.716. The van der Waals surface area contributed by atoms with Crippen molar-refractivity contribution in [2.24, 2.45) is 0 Å². The van der Waals surface area contributed by atoms with Crippen LogP contribution in [0.25, 0.3) is 0 Å². The average molecular weight is 210 g/mol. The summed E-state index contributed by atoms with van der Waals surface area (Å²) in [5.41, 5.74) is 6.70. The maximum absolute atomic E-state index is 13.0. The first-order chi connectivity index (χ1) is 7.18. The largest absolute Gasteiger partial charge is 0.396 e. The number of benzene rings is 1. The SMILES string of the molecule is C[C@@H]1COCCN1c1ccc(F)c(N)c1. The van der Waals surface area contributed by atoms with Crippen LogP contribution < -0.4 is 10.6 Å². The summed E-state index contributed by atoms with van der Waals surface area (Å²) in [6, 6.07) is 5.15. The van der Waals surface area contributed by atoms with Crippen LogP contribution in [0.15, 0.2) is 18.2 Å². The van der Waals surface area contributed by atoms with E-state index in [0.717, 1.165) is 12.2 Å². The minimum Gasteiger partial charge on any atom is -0.396 e. The first kappa shape index (κ1) is 10.2. The molecule has 1 heterocycles. The fourth-order valence-corrected chi connectivity index (χ4v) is 1.82. The summed E-state index contributed by atoms with van der Waals surface area (Å²) in [4.78, 5) is 2.18. The predicted octanol–water partition coefficient (Wildman–Crippen LogP) is 1.63. The summed E-state index contributed by atoms with van der Waals surface area (Å²) < 4.78 is 18.3. The van der Waals surface area contributed by atoms with E-state index in [-0.39, 0.29) is 11.5 Å². The van der Waals surface area contributed by atoms with E-state index in [0.29, 0.717) is 19.3 Å². The van der Waals surface area contributed by atoms with Crippen LogP contribution in [-0.4, -0.2) is 25.8 Å². The summed E-state index contributed by atoms with van der Waals surface area (Å²) >= 11 is 0. The minimum atomic E-state index is -0.361. The molecule has 1 fully saturated rings. The Morgan fingerprint density at radius 1 is 1.53 bits per heavy atom. The maximum Gasteiger partial charge on any atom is 0.146 e. The van der Waals surface area contributed by atoms with Crippen LogP contribution in [-0.2, 0) is 4.74 Å². The van der Waals surface area contributed by atoms with Crippen LogP contribution in [0.1, 0.15) is 6.92 Å². The molecule has 1 aliphatic heterocycles. The fourth-order valence-electron chi connectivity index (χ4n) is 1.82. The van der Waals surface area contributed by atoms with Crippen LogP contribution >= 0.6 is 0 Å². The van der Waals surface area contributed by atoms with E-state index in [1.54, 1.807) is 12.1 Å². The Kier molecular flexibility index (Phi) is 2.77. The molecule has 1 aliphatic rings. The molecule has 15 heavy (non-hydrogen) atoms. The molecule has 0 bridgehead atoms. The predicted molar refractivity (Wildman–Crippen MR) is 58.4 cm³/mol. The number of hydrogen-bond donors (Lipinski definition) is 1. The molecule has 2 N–H and O–H groups in total. The molecule has 2 rings (SSSR count). The first-order valence-electron chi connectivity index (χ1n) is 5.08. The zero-order valence-corrected chi connectivity index (χ0v) is 8.74. The van der Waals surface area contributed by atoms with Gasteiger partial charge in [0.1, 0.15) is 5.82 Å². The van der Waals surface area contributed by atoms with Crippen LogP contribution in [0.4, 0.5) is 15.8 Å². The Hall–Kier alpha value is -1.29. The maximum atomic E-state index is 13.0. The number of morpholine rings is 1. The Balaban J connectivity index is 2.24. The van der Waals surface area contributed by atoms with Gasteiger partial charge in [-0.3, -0.25) is 0 Å². The molecule has 0 saturated carbocycles. The third-order valence-electron chi connectivity index (χ3n) is 2.68. The molecule has 1 saturated heterocycles. The van der Waals surface area contributed by atoms with Crippen molar-refractivity contribution >= 4 is 11.4 Å². The number of ether oxygens (including phenoxy) is 1. The van der Waals surface area contributed by atoms with E-state index >= 15 is 0 Å². The zero-order valence-electron chi connectivity index (χ0n) is 8.74. The lowest BCUT2D eigenvalue weighted by atomic mass is 10.2. The second-order valence-electron chi connectivity index (χ2n) is 3.82. The van der Waals surface area contributed by atoms with Crippen LogP contribution in [0.2, 0.25) is 0 Å². The molecular weight excluding hydrogens is 195 g/mol. The summed E-state index contributed by atoms with van der Waals surface area (Å²) in [5.74, 6) is -0.361. The summed E-state index contributed by atoms with van der Waals surface area (Å²) in [5, 5.41) is 0. The number of rotatable bonds is 1. The van der Waals surface area contributed by atoms with Crippen molar-refractivity contribution in [2.75, 3.05) is 30.4 Å². The molecule has 1 aromatic rings. The summed E-state index contributed by atoms with van der Waals surface area (Å²) in [7, 11) is 0. The number of nitrogens with two attached hydrogens (primary N) is 1. The second-order valence-corrected chi connectivity index (χ2v) is 3.82. The summed E-state index contributed by atoms with van der Waals surface area (Å²) in [6.45, 7) is 4.32. The highest BCUT2D eigenvalue weighted by molar-refractivity contribution is 5.57. The highest BCUT2D eigenvalue weighted by atomic mass is 19.1. The van der Waals surface area contributed by atoms with Crippen molar-refractivity contribution in [3.8, 4) is 0 Å². The van der Waals surface area contributed by atoms with Crippen molar-refractivity contribution in [2.45, 2.75) is 13.0 Å². The molecule has 82 valence electrons. The molecule has 3 nitrogen and oxygen atoms in total. The number of halogens is 1. The highest BCUT2D eigenvalue weighted by Gasteiger charge is 2.19. The average Bonchev–Trinajstić information content (AvgIpc) is 2.23. The third-order valence-corrected chi connectivity index (χ3v) is 2.68. The second kappa shape index (κ2) is 4.06. The Bertz CT molecular complexity index is 356. The summed E-state index contributed by atoms with van der Waals surface area (Å²) in [6.07, 6.45) is 0. The van der Waals surface area contributed by atoms with Crippen LogP contribution in [0.3, 0.4) is 0 Å². The van der Waals surface area contributed by atoms with Gasteiger partial charge in [0.05, 0.1) is 18.9 Å². The van der Waals surface area contributed by atoms with Crippen molar-refractivity contribution < 1.29 is 9.13 Å². The number of anilines is 2. The van der Waals surface area contributed by atoms with Gasteiger partial charge in [0, 0.05) is 18.3 Å². The molecule has 1 aromatic carbocycles. The lowest BCUT2D eigenvalue weighted by Crippen LogP contribution is -2.43. The van der Waals surface area contributed by atoms with Gasteiger partial charge in [0.25, 0.3) is 0 Å². The zero-order chi connectivity index (χ0) is 10.8. The van der Waals surface area contributed by atoms with Crippen molar-refractivity contribution in [1.29, 1.82) is 0 Å². The van der Waals surface area contributed by atoms with Crippen molar-refractivity contribution in [1.82, 2.24) is 0 Å². The monoisotopic (exact) mass is 210 g/mol. The molecule has 0 spiro atoms. The van der Waals surface area contributed by atoms with Gasteiger partial charge < -0.3 is 15.4 Å². The Labute approximate surface area is 88.6 Å². The van der Waals surface area contributed by atoms with Gasteiger partial charge in [-0.05, 0) is 25.1 Å². The van der Waals surface area contributed by atoms with Gasteiger partial charge in [-0.1, -0.05) is 0 Å². The van der Waals surface area contributed by atoms with E-state index in [9.17, 15) is 4.39 Å². The van der Waals surface area contributed by atoms with Gasteiger partial charge in [0.2, 0.25) is 0 Å². The smallest absolute Gasteiger partial charge is 0.146 e.